The Morgan fingerprint density at radius 3 is 2.65 bits per heavy atom. The summed E-state index contributed by atoms with van der Waals surface area (Å²) in [6, 6.07) is 5.66. The molecule has 0 saturated carbocycles. The minimum Gasteiger partial charge on any atom is -0.368 e. The molecule has 1 heterocycles. The molecule has 0 fully saturated rings. The van der Waals surface area contributed by atoms with Crippen LogP contribution in [0.25, 0.3) is 10.9 Å². The van der Waals surface area contributed by atoms with Gasteiger partial charge in [0.25, 0.3) is 0 Å². The predicted octanol–water partition coefficient (Wildman–Crippen LogP) is 1.72. The van der Waals surface area contributed by atoms with E-state index in [1.165, 1.54) is 6.07 Å². The molecule has 23 heavy (non-hydrogen) atoms. The first-order valence-corrected chi connectivity index (χ1v) is 8.92. The van der Waals surface area contributed by atoms with Gasteiger partial charge in [-0.1, -0.05) is 26.3 Å². The molecule has 0 spiro atoms. The molecule has 3 N–H and O–H groups in total. The van der Waals surface area contributed by atoms with Crippen molar-refractivity contribution in [3.8, 4) is 0 Å². The van der Waals surface area contributed by atoms with Crippen molar-refractivity contribution in [3.63, 3.8) is 0 Å². The first kappa shape index (κ1) is 17.4. The molecule has 2 atom stereocenters. The van der Waals surface area contributed by atoms with Crippen LogP contribution in [0.2, 0.25) is 0 Å². The first-order valence-electron chi connectivity index (χ1n) is 7.44. The highest BCUT2D eigenvalue weighted by atomic mass is 32.2. The van der Waals surface area contributed by atoms with Crippen molar-refractivity contribution in [3.05, 3.63) is 36.0 Å². The predicted molar refractivity (Wildman–Crippen MR) is 89.2 cm³/mol. The zero-order chi connectivity index (χ0) is 17.2. The Balaban J connectivity index is 2.52. The molecule has 2 unspecified atom stereocenters. The molecule has 124 valence electrons. The maximum Gasteiger partial charge on any atom is 0.241 e. The van der Waals surface area contributed by atoms with Crippen LogP contribution in [-0.4, -0.2) is 25.4 Å². The standard InChI is InChI=1S/C16H21N3O3S/c1-4-10(2)15(16(17)20)19-23(21,22)13-8-7-11(3)14-12(13)6-5-9-18-14/h5-10,15,19H,4H2,1-3H3,(H2,17,20). The number of hydrogen-bond acceptors (Lipinski definition) is 4. The van der Waals surface area contributed by atoms with E-state index in [1.807, 2.05) is 13.8 Å². The molecule has 6 nitrogen and oxygen atoms in total. The summed E-state index contributed by atoms with van der Waals surface area (Å²) < 4.78 is 27.9. The molecular weight excluding hydrogens is 314 g/mol. The third kappa shape index (κ3) is 3.51. The second-order valence-electron chi connectivity index (χ2n) is 5.67. The maximum atomic E-state index is 12.7. The summed E-state index contributed by atoms with van der Waals surface area (Å²) in [5.74, 6) is -0.880. The number of aryl methyl sites for hydroxylation is 1. The van der Waals surface area contributed by atoms with Gasteiger partial charge in [-0.05, 0) is 36.6 Å². The van der Waals surface area contributed by atoms with Gasteiger partial charge in [-0.3, -0.25) is 9.78 Å². The van der Waals surface area contributed by atoms with Crippen molar-refractivity contribution in [2.45, 2.75) is 38.1 Å². The van der Waals surface area contributed by atoms with Gasteiger partial charge >= 0.3 is 0 Å². The molecule has 2 rings (SSSR count). The zero-order valence-corrected chi connectivity index (χ0v) is 14.2. The highest BCUT2D eigenvalue weighted by Crippen LogP contribution is 2.24. The van der Waals surface area contributed by atoms with Gasteiger partial charge in [0, 0.05) is 11.6 Å². The van der Waals surface area contributed by atoms with Crippen molar-refractivity contribution in [1.29, 1.82) is 0 Å². The Labute approximate surface area is 136 Å². The number of aromatic nitrogens is 1. The third-order valence-corrected chi connectivity index (χ3v) is 5.52. The van der Waals surface area contributed by atoms with Crippen LogP contribution < -0.4 is 10.5 Å². The average molecular weight is 335 g/mol. The summed E-state index contributed by atoms with van der Waals surface area (Å²) in [4.78, 5) is 15.9. The number of fused-ring (bicyclic) bond motifs is 1. The van der Waals surface area contributed by atoms with Crippen molar-refractivity contribution in [2.75, 3.05) is 0 Å². The topological polar surface area (TPSA) is 102 Å². The average Bonchev–Trinajstić information content (AvgIpc) is 2.52. The summed E-state index contributed by atoms with van der Waals surface area (Å²) in [6.45, 7) is 5.53. The van der Waals surface area contributed by atoms with Crippen molar-refractivity contribution in [2.24, 2.45) is 11.7 Å². The summed E-state index contributed by atoms with van der Waals surface area (Å²) in [7, 11) is -3.89. The normalized spacial score (nSPS) is 14.6. The van der Waals surface area contributed by atoms with Crippen LogP contribution in [-0.2, 0) is 14.8 Å². The number of primary amides is 1. The summed E-state index contributed by atoms with van der Waals surface area (Å²) >= 11 is 0. The van der Waals surface area contributed by atoms with Crippen LogP contribution in [0, 0.1) is 12.8 Å². The summed E-state index contributed by atoms with van der Waals surface area (Å²) in [5.41, 5.74) is 6.86. The fourth-order valence-corrected chi connectivity index (χ4v) is 3.95. The van der Waals surface area contributed by atoms with Gasteiger partial charge in [0.15, 0.2) is 0 Å². The molecule has 0 radical (unpaired) electrons. The largest absolute Gasteiger partial charge is 0.368 e. The maximum absolute atomic E-state index is 12.7. The van der Waals surface area contributed by atoms with E-state index in [9.17, 15) is 13.2 Å². The molecule has 2 aromatic rings. The highest BCUT2D eigenvalue weighted by molar-refractivity contribution is 7.89. The van der Waals surface area contributed by atoms with Crippen LogP contribution >= 0.6 is 0 Å². The lowest BCUT2D eigenvalue weighted by Gasteiger charge is -2.21. The number of benzene rings is 1. The lowest BCUT2D eigenvalue weighted by molar-refractivity contribution is -0.120. The quantitative estimate of drug-likeness (QED) is 0.839. The molecule has 0 aliphatic carbocycles. The fourth-order valence-electron chi connectivity index (χ4n) is 2.44. The molecule has 1 aromatic carbocycles. The number of amides is 1. The van der Waals surface area contributed by atoms with Gasteiger partial charge in [-0.25, -0.2) is 8.42 Å². The Bertz CT molecular complexity index is 834. The SMILES string of the molecule is CCC(C)C(NS(=O)(=O)c1ccc(C)c2ncccc12)C(N)=O. The minimum absolute atomic E-state index is 0.0979. The van der Waals surface area contributed by atoms with Gasteiger partial charge in [0.05, 0.1) is 10.4 Å². The van der Waals surface area contributed by atoms with Gasteiger partial charge in [0.1, 0.15) is 6.04 Å². The van der Waals surface area contributed by atoms with E-state index < -0.39 is 22.0 Å². The van der Waals surface area contributed by atoms with Crippen LogP contribution in [0.5, 0.6) is 0 Å². The molecule has 1 aromatic heterocycles. The van der Waals surface area contributed by atoms with E-state index in [4.69, 9.17) is 5.73 Å². The van der Waals surface area contributed by atoms with Crippen LogP contribution in [0.1, 0.15) is 25.8 Å². The first-order chi connectivity index (χ1) is 10.8. The number of nitrogens with one attached hydrogen (secondary N) is 1. The molecule has 0 saturated heterocycles. The lowest BCUT2D eigenvalue weighted by Crippen LogP contribution is -2.48. The van der Waals surface area contributed by atoms with E-state index in [-0.39, 0.29) is 10.8 Å². The van der Waals surface area contributed by atoms with E-state index in [1.54, 1.807) is 31.3 Å². The molecule has 0 aliphatic rings. The molecule has 1 amide bonds. The van der Waals surface area contributed by atoms with Gasteiger partial charge in [-0.15, -0.1) is 0 Å². The Morgan fingerprint density at radius 1 is 1.35 bits per heavy atom. The lowest BCUT2D eigenvalue weighted by atomic mass is 10.00. The van der Waals surface area contributed by atoms with E-state index in [0.717, 1.165) is 5.56 Å². The van der Waals surface area contributed by atoms with Gasteiger partial charge < -0.3 is 5.73 Å². The summed E-state index contributed by atoms with van der Waals surface area (Å²) in [5, 5.41) is 0.521. The monoisotopic (exact) mass is 335 g/mol. The second kappa shape index (κ2) is 6.64. The molecule has 0 bridgehead atoms. The van der Waals surface area contributed by atoms with Crippen molar-refractivity contribution < 1.29 is 13.2 Å². The molecule has 7 heteroatoms. The number of nitrogens with two attached hydrogens (primary N) is 1. The number of carbonyl (C=O) groups excluding carboxylic acids is 1. The third-order valence-electron chi connectivity index (χ3n) is 4.02. The number of sulfonamides is 1. The highest BCUT2D eigenvalue weighted by Gasteiger charge is 2.29. The fraction of sp³-hybridized carbons (Fsp3) is 0.375. The number of nitrogens with zero attached hydrogens (tertiary/aromatic N) is 1. The van der Waals surface area contributed by atoms with E-state index >= 15 is 0 Å². The second-order valence-corrected chi connectivity index (χ2v) is 7.35. The van der Waals surface area contributed by atoms with Crippen molar-refractivity contribution in [1.82, 2.24) is 9.71 Å². The van der Waals surface area contributed by atoms with Crippen LogP contribution in [0.3, 0.4) is 0 Å². The number of hydrogen-bond donors (Lipinski definition) is 2. The zero-order valence-electron chi connectivity index (χ0n) is 13.4. The van der Waals surface area contributed by atoms with Crippen molar-refractivity contribution >= 4 is 26.8 Å². The molecular formula is C16H21N3O3S. The Hall–Kier alpha value is -1.99. The van der Waals surface area contributed by atoms with E-state index in [2.05, 4.69) is 9.71 Å². The summed E-state index contributed by atoms with van der Waals surface area (Å²) in [6.07, 6.45) is 2.25. The Morgan fingerprint density at radius 2 is 2.04 bits per heavy atom. The van der Waals surface area contributed by atoms with Gasteiger partial charge in [0.2, 0.25) is 15.9 Å². The van der Waals surface area contributed by atoms with Crippen LogP contribution in [0.15, 0.2) is 35.4 Å². The van der Waals surface area contributed by atoms with Gasteiger partial charge in [-0.2, -0.15) is 4.72 Å². The smallest absolute Gasteiger partial charge is 0.241 e. The van der Waals surface area contributed by atoms with Crippen LogP contribution in [0.4, 0.5) is 0 Å². The number of rotatable bonds is 6. The minimum atomic E-state index is -3.89. The Kier molecular flexibility index (Phi) is 5.01. The number of carbonyl (C=O) groups is 1. The number of pyridine rings is 1. The molecule has 0 aliphatic heterocycles. The van der Waals surface area contributed by atoms with E-state index in [0.29, 0.717) is 17.3 Å².